The molecular formula is C34H34N2O4. The zero-order valence-corrected chi connectivity index (χ0v) is 22.8. The molecule has 7 rings (SSSR count). The summed E-state index contributed by atoms with van der Waals surface area (Å²) in [6, 6.07) is 12.4. The van der Waals surface area contributed by atoms with Gasteiger partial charge in [0, 0.05) is 21.7 Å². The molecule has 6 atom stereocenters. The van der Waals surface area contributed by atoms with Crippen LogP contribution in [0.1, 0.15) is 68.6 Å². The van der Waals surface area contributed by atoms with E-state index in [1.165, 1.54) is 5.57 Å². The quantitative estimate of drug-likeness (QED) is 0.179. The van der Waals surface area contributed by atoms with Gasteiger partial charge < -0.3 is 14.9 Å². The molecule has 40 heavy (non-hydrogen) atoms. The van der Waals surface area contributed by atoms with Crippen LogP contribution in [0.3, 0.4) is 0 Å². The number of benzene rings is 2. The first kappa shape index (κ1) is 25.3. The minimum atomic E-state index is -0.973. The van der Waals surface area contributed by atoms with Crippen LogP contribution >= 0.6 is 0 Å². The molecule has 0 bridgehead atoms. The van der Waals surface area contributed by atoms with Crippen molar-refractivity contribution in [2.45, 2.75) is 63.9 Å². The molecule has 0 amide bonds. The molecule has 204 valence electrons. The number of carbonyl (C=O) groups excluding carboxylic acids is 1. The van der Waals surface area contributed by atoms with E-state index in [0.717, 1.165) is 50.7 Å². The molecule has 4 aliphatic carbocycles. The zero-order valence-electron chi connectivity index (χ0n) is 22.8. The number of nitrogens with zero attached hydrogens (tertiary/aromatic N) is 1. The van der Waals surface area contributed by atoms with Crippen LogP contribution in [0.15, 0.2) is 64.1 Å². The Kier molecular flexibility index (Phi) is 5.80. The molecular weight excluding hydrogens is 500 g/mol. The number of nitrogens with one attached hydrogen (secondary N) is 1. The number of hydrogen-bond donors (Lipinski definition) is 2. The van der Waals surface area contributed by atoms with Crippen molar-refractivity contribution in [1.82, 2.24) is 4.98 Å². The molecule has 0 spiro atoms. The number of aromatic nitrogens is 1. The smallest absolute Gasteiger partial charge is 0.367 e. The van der Waals surface area contributed by atoms with Gasteiger partial charge in [-0.1, -0.05) is 41.8 Å². The molecule has 0 radical (unpaired) electrons. The number of terminal acetylenes is 1. The van der Waals surface area contributed by atoms with Gasteiger partial charge in [-0.15, -0.1) is 6.42 Å². The van der Waals surface area contributed by atoms with E-state index in [0.29, 0.717) is 57.5 Å². The fourth-order valence-corrected chi connectivity index (χ4v) is 8.78. The molecule has 0 saturated heterocycles. The van der Waals surface area contributed by atoms with Crippen LogP contribution in [0.5, 0.6) is 0 Å². The van der Waals surface area contributed by atoms with Crippen LogP contribution in [0, 0.1) is 41.4 Å². The van der Waals surface area contributed by atoms with Gasteiger partial charge in [-0.3, -0.25) is 4.79 Å². The molecule has 4 aliphatic rings. The SMILES string of the molecule is C#CC1(O)CCC2C3CCC4=C/C(=N\OC(=O)c5cccc6c(=O)c7ccccc7[nH]c56)CCC4C3CCC21C. The van der Waals surface area contributed by atoms with Gasteiger partial charge in [0.2, 0.25) is 0 Å². The number of carbonyl (C=O) groups is 1. The maximum atomic E-state index is 13.1. The maximum absolute atomic E-state index is 13.1. The molecule has 0 aliphatic heterocycles. The number of H-pyrrole nitrogens is 1. The molecule has 6 nitrogen and oxygen atoms in total. The fraction of sp³-hybridized carbons (Fsp3) is 0.441. The second kappa shape index (κ2) is 9.17. The summed E-state index contributed by atoms with van der Waals surface area (Å²) < 4.78 is 0. The summed E-state index contributed by atoms with van der Waals surface area (Å²) in [6.45, 7) is 2.22. The van der Waals surface area contributed by atoms with Gasteiger partial charge in [-0.25, -0.2) is 4.79 Å². The number of para-hydroxylation sites is 2. The Hall–Kier alpha value is -3.69. The first-order chi connectivity index (χ1) is 19.3. The third-order valence-corrected chi connectivity index (χ3v) is 10.9. The predicted molar refractivity (Wildman–Crippen MR) is 156 cm³/mol. The minimum absolute atomic E-state index is 0.117. The predicted octanol–water partition coefficient (Wildman–Crippen LogP) is 6.13. The molecule has 1 aromatic heterocycles. The van der Waals surface area contributed by atoms with Crippen molar-refractivity contribution in [2.24, 2.45) is 34.2 Å². The van der Waals surface area contributed by atoms with E-state index in [4.69, 9.17) is 11.3 Å². The molecule has 1 heterocycles. The largest absolute Gasteiger partial charge is 0.377 e. The Balaban J connectivity index is 1.11. The normalized spacial score (nSPS) is 34.0. The highest BCUT2D eigenvalue weighted by molar-refractivity contribution is 6.06. The number of aromatic amines is 1. The summed E-state index contributed by atoms with van der Waals surface area (Å²) >= 11 is 0. The standard InChI is InChI=1S/C34H34N2O4/c1-3-34(39)18-16-28-24-13-11-20-19-21(12-14-22(20)23(24)15-17-33(28,34)2)36-40-32(38)27-9-6-8-26-30(27)35-29-10-5-4-7-25(29)31(26)37/h1,4-10,19,22-24,28,39H,11-18H2,2H3,(H,35,37)/b36-21-. The first-order valence-electron chi connectivity index (χ1n) is 14.6. The summed E-state index contributed by atoms with van der Waals surface area (Å²) in [7, 11) is 0. The molecule has 6 unspecified atom stereocenters. The lowest BCUT2D eigenvalue weighted by atomic mass is 9.50. The van der Waals surface area contributed by atoms with E-state index in [9.17, 15) is 14.7 Å². The van der Waals surface area contributed by atoms with Gasteiger partial charge in [0.15, 0.2) is 5.43 Å². The van der Waals surface area contributed by atoms with Crippen LogP contribution in [0.2, 0.25) is 0 Å². The monoisotopic (exact) mass is 534 g/mol. The lowest BCUT2D eigenvalue weighted by Gasteiger charge is -2.54. The number of rotatable bonds is 2. The highest BCUT2D eigenvalue weighted by Crippen LogP contribution is 2.64. The van der Waals surface area contributed by atoms with Crippen LogP contribution in [-0.2, 0) is 4.84 Å². The minimum Gasteiger partial charge on any atom is -0.377 e. The summed E-state index contributed by atoms with van der Waals surface area (Å²) in [4.78, 5) is 34.8. The second-order valence-electron chi connectivity index (χ2n) is 12.5. The highest BCUT2D eigenvalue weighted by atomic mass is 16.7. The Morgan fingerprint density at radius 2 is 1.88 bits per heavy atom. The van der Waals surface area contributed by atoms with E-state index in [-0.39, 0.29) is 10.8 Å². The van der Waals surface area contributed by atoms with Gasteiger partial charge in [0.1, 0.15) is 5.60 Å². The van der Waals surface area contributed by atoms with Crippen LogP contribution < -0.4 is 5.43 Å². The van der Waals surface area contributed by atoms with Gasteiger partial charge in [-0.2, -0.15) is 0 Å². The number of oxime groups is 1. The molecule has 3 aromatic rings. The molecule has 2 aromatic carbocycles. The van der Waals surface area contributed by atoms with Crippen LogP contribution in [0.25, 0.3) is 21.8 Å². The molecule has 3 fully saturated rings. The lowest BCUT2D eigenvalue weighted by molar-refractivity contribution is -0.0852. The maximum Gasteiger partial charge on any atom is 0.367 e. The molecule has 2 N–H and O–H groups in total. The average Bonchev–Trinajstić information content (AvgIpc) is 3.26. The van der Waals surface area contributed by atoms with Crippen molar-refractivity contribution in [3.8, 4) is 12.3 Å². The summed E-state index contributed by atoms with van der Waals surface area (Å²) in [6.07, 6.45) is 15.7. The van der Waals surface area contributed by atoms with Gasteiger partial charge in [0.25, 0.3) is 0 Å². The molecule has 3 saturated carbocycles. The van der Waals surface area contributed by atoms with Crippen molar-refractivity contribution in [3.63, 3.8) is 0 Å². The lowest BCUT2D eigenvalue weighted by Crippen LogP contribution is -2.52. The van der Waals surface area contributed by atoms with Crippen molar-refractivity contribution < 1.29 is 14.7 Å². The van der Waals surface area contributed by atoms with Crippen molar-refractivity contribution >= 4 is 33.5 Å². The van der Waals surface area contributed by atoms with E-state index in [1.807, 2.05) is 18.2 Å². The second-order valence-corrected chi connectivity index (χ2v) is 12.5. The van der Waals surface area contributed by atoms with E-state index in [1.54, 1.807) is 24.3 Å². The number of allylic oxidation sites excluding steroid dienone is 2. The Bertz CT molecular complexity index is 1710. The van der Waals surface area contributed by atoms with Crippen LogP contribution in [0.4, 0.5) is 0 Å². The van der Waals surface area contributed by atoms with Gasteiger partial charge >= 0.3 is 5.97 Å². The van der Waals surface area contributed by atoms with E-state index >= 15 is 0 Å². The zero-order chi connectivity index (χ0) is 27.6. The highest BCUT2D eigenvalue weighted by Gasteiger charge is 2.61. The summed E-state index contributed by atoms with van der Waals surface area (Å²) in [5.74, 6) is 4.40. The first-order valence-corrected chi connectivity index (χ1v) is 14.6. The van der Waals surface area contributed by atoms with E-state index < -0.39 is 11.6 Å². The van der Waals surface area contributed by atoms with E-state index in [2.05, 4.69) is 29.1 Å². The fourth-order valence-electron chi connectivity index (χ4n) is 8.78. The van der Waals surface area contributed by atoms with Gasteiger partial charge in [-0.05, 0) is 105 Å². The third-order valence-electron chi connectivity index (χ3n) is 10.9. The van der Waals surface area contributed by atoms with Crippen LogP contribution in [-0.4, -0.2) is 27.4 Å². The Labute approximate surface area is 233 Å². The summed E-state index contributed by atoms with van der Waals surface area (Å²) in [5, 5.41) is 16.5. The topological polar surface area (TPSA) is 91.8 Å². The molecule has 6 heteroatoms. The number of pyridine rings is 1. The number of hydrogen-bond acceptors (Lipinski definition) is 5. The Morgan fingerprint density at radius 1 is 1.05 bits per heavy atom. The average molecular weight is 535 g/mol. The van der Waals surface area contributed by atoms with Gasteiger partial charge in [0.05, 0.1) is 16.8 Å². The number of aliphatic hydroxyl groups is 1. The summed E-state index contributed by atoms with van der Waals surface area (Å²) in [5.41, 5.74) is 2.36. The van der Waals surface area contributed by atoms with Crippen molar-refractivity contribution in [1.29, 1.82) is 0 Å². The van der Waals surface area contributed by atoms with Crippen molar-refractivity contribution in [3.05, 3.63) is 69.9 Å². The Morgan fingerprint density at radius 3 is 2.73 bits per heavy atom. The van der Waals surface area contributed by atoms with Crippen molar-refractivity contribution in [2.75, 3.05) is 0 Å². The number of fused-ring (bicyclic) bond motifs is 7. The third kappa shape index (κ3) is 3.64.